The van der Waals surface area contributed by atoms with E-state index < -0.39 is 0 Å². The van der Waals surface area contributed by atoms with Crippen LogP contribution in [0.2, 0.25) is 10.0 Å². The molecular formula is C19H25Cl2N3O2. The maximum absolute atomic E-state index is 12.6. The van der Waals surface area contributed by atoms with Crippen LogP contribution in [0.15, 0.2) is 12.1 Å². The topological polar surface area (TPSA) is 55.8 Å². The van der Waals surface area contributed by atoms with Crippen molar-refractivity contribution in [1.82, 2.24) is 15.1 Å². The number of piperidine rings is 1. The van der Waals surface area contributed by atoms with E-state index in [0.717, 1.165) is 31.5 Å². The molecule has 2 rings (SSSR count). The number of nitrogens with one attached hydrogen (secondary N) is 1. The van der Waals surface area contributed by atoms with E-state index in [1.54, 1.807) is 17.0 Å². The van der Waals surface area contributed by atoms with Gasteiger partial charge in [-0.1, -0.05) is 41.1 Å². The molecule has 0 aromatic heterocycles. The second-order valence-corrected chi connectivity index (χ2v) is 7.36. The van der Waals surface area contributed by atoms with Gasteiger partial charge in [-0.15, -0.1) is 0 Å². The summed E-state index contributed by atoms with van der Waals surface area (Å²) >= 11 is 12.6. The molecule has 1 aliphatic rings. The summed E-state index contributed by atoms with van der Waals surface area (Å²) in [6.45, 7) is 3.62. The first kappa shape index (κ1) is 20.9. The van der Waals surface area contributed by atoms with E-state index in [4.69, 9.17) is 28.3 Å². The molecule has 1 aromatic rings. The van der Waals surface area contributed by atoms with E-state index in [9.17, 15) is 4.79 Å². The summed E-state index contributed by atoms with van der Waals surface area (Å²) < 4.78 is 0. The number of carbonyl (C=O) groups excluding carboxylic acids is 1. The Bertz CT molecular complexity index is 707. The predicted molar refractivity (Wildman–Crippen MR) is 106 cm³/mol. The van der Waals surface area contributed by atoms with Crippen molar-refractivity contribution >= 4 is 29.2 Å². The summed E-state index contributed by atoms with van der Waals surface area (Å²) in [4.78, 5) is 16.6. The molecule has 5 nitrogen and oxygen atoms in total. The maximum Gasteiger partial charge on any atom is 0.317 e. The minimum absolute atomic E-state index is 0.122. The van der Waals surface area contributed by atoms with Crippen molar-refractivity contribution in [1.29, 1.82) is 0 Å². The van der Waals surface area contributed by atoms with Crippen molar-refractivity contribution in [2.45, 2.75) is 31.8 Å². The summed E-state index contributed by atoms with van der Waals surface area (Å²) in [7, 11) is 3.93. The number of carbonyl (C=O) groups is 1. The van der Waals surface area contributed by atoms with E-state index in [-0.39, 0.29) is 24.7 Å². The SMILES string of the molecule is CC(NC(=O)N(C)C1CCN(C)CC1)c1ccc(C#CCO)c(Cl)c1Cl. The van der Waals surface area contributed by atoms with Gasteiger partial charge in [0.2, 0.25) is 0 Å². The first-order valence-corrected chi connectivity index (χ1v) is 9.40. The molecule has 1 saturated heterocycles. The van der Waals surface area contributed by atoms with Crippen molar-refractivity contribution in [2.75, 3.05) is 33.8 Å². The second kappa shape index (κ2) is 9.48. The van der Waals surface area contributed by atoms with Gasteiger partial charge in [-0.2, -0.15) is 0 Å². The molecule has 2 N–H and O–H groups in total. The number of nitrogens with zero attached hydrogens (tertiary/aromatic N) is 2. The van der Waals surface area contributed by atoms with Gasteiger partial charge < -0.3 is 20.2 Å². The first-order chi connectivity index (χ1) is 12.3. The van der Waals surface area contributed by atoms with Gasteiger partial charge in [0.1, 0.15) is 6.61 Å². The molecule has 0 bridgehead atoms. The van der Waals surface area contributed by atoms with E-state index in [1.807, 2.05) is 14.0 Å². The van der Waals surface area contributed by atoms with Gasteiger partial charge in [0, 0.05) is 18.7 Å². The number of aliphatic hydroxyl groups excluding tert-OH is 1. The number of amides is 2. The number of hydrogen-bond acceptors (Lipinski definition) is 3. The van der Waals surface area contributed by atoms with Crippen LogP contribution < -0.4 is 5.32 Å². The van der Waals surface area contributed by atoms with Crippen molar-refractivity contribution < 1.29 is 9.90 Å². The fourth-order valence-electron chi connectivity index (χ4n) is 3.04. The van der Waals surface area contributed by atoms with Crippen LogP contribution in [-0.4, -0.2) is 60.8 Å². The van der Waals surface area contributed by atoms with Crippen LogP contribution in [0.25, 0.3) is 0 Å². The Morgan fingerprint density at radius 2 is 2.04 bits per heavy atom. The molecule has 1 aromatic carbocycles. The van der Waals surface area contributed by atoms with Crippen LogP contribution in [0, 0.1) is 11.8 Å². The summed E-state index contributed by atoms with van der Waals surface area (Å²) in [5.41, 5.74) is 1.28. The highest BCUT2D eigenvalue weighted by Gasteiger charge is 2.25. The smallest absolute Gasteiger partial charge is 0.317 e. The van der Waals surface area contributed by atoms with Crippen molar-refractivity contribution in [3.63, 3.8) is 0 Å². The van der Waals surface area contributed by atoms with Gasteiger partial charge in [0.05, 0.1) is 16.1 Å². The van der Waals surface area contributed by atoms with Gasteiger partial charge in [-0.3, -0.25) is 0 Å². The molecule has 0 spiro atoms. The zero-order valence-electron chi connectivity index (χ0n) is 15.4. The third-order valence-electron chi connectivity index (χ3n) is 4.78. The standard InChI is InChI=1S/C19H25Cl2N3O2/c1-13(16-7-6-14(5-4-12-25)17(20)18(16)21)22-19(26)24(3)15-8-10-23(2)11-9-15/h6-7,13,15,25H,8-12H2,1-3H3,(H,22,26). The zero-order chi connectivity index (χ0) is 19.3. The average Bonchev–Trinajstić information content (AvgIpc) is 2.62. The number of benzene rings is 1. The maximum atomic E-state index is 12.6. The zero-order valence-corrected chi connectivity index (χ0v) is 16.9. The number of aliphatic hydroxyl groups is 1. The van der Waals surface area contributed by atoms with Gasteiger partial charge in [0.15, 0.2) is 0 Å². The Balaban J connectivity index is 2.06. The molecular weight excluding hydrogens is 373 g/mol. The Hall–Kier alpha value is -1.45. The first-order valence-electron chi connectivity index (χ1n) is 8.64. The number of hydrogen-bond donors (Lipinski definition) is 2. The fourth-order valence-corrected chi connectivity index (χ4v) is 3.59. The van der Waals surface area contributed by atoms with Crippen LogP contribution in [-0.2, 0) is 0 Å². The summed E-state index contributed by atoms with van der Waals surface area (Å²) in [5.74, 6) is 5.31. The molecule has 1 unspecified atom stereocenters. The van der Waals surface area contributed by atoms with Crippen molar-refractivity contribution in [3.8, 4) is 11.8 Å². The lowest BCUT2D eigenvalue weighted by Gasteiger charge is -2.35. The van der Waals surface area contributed by atoms with Crippen LogP contribution in [0.3, 0.4) is 0 Å². The van der Waals surface area contributed by atoms with Crippen LogP contribution in [0.5, 0.6) is 0 Å². The predicted octanol–water partition coefficient (Wildman–Crippen LogP) is 3.13. The van der Waals surface area contributed by atoms with Gasteiger partial charge in [-0.25, -0.2) is 4.79 Å². The fraction of sp³-hybridized carbons (Fsp3) is 0.526. The van der Waals surface area contributed by atoms with Crippen LogP contribution in [0.1, 0.15) is 36.9 Å². The number of rotatable bonds is 3. The van der Waals surface area contributed by atoms with Gasteiger partial charge >= 0.3 is 6.03 Å². The Morgan fingerprint density at radius 3 is 2.65 bits per heavy atom. The quantitative estimate of drug-likeness (QED) is 0.770. The monoisotopic (exact) mass is 397 g/mol. The second-order valence-electron chi connectivity index (χ2n) is 6.61. The molecule has 7 heteroatoms. The summed E-state index contributed by atoms with van der Waals surface area (Å²) in [6.07, 6.45) is 1.94. The van der Waals surface area contributed by atoms with E-state index in [0.29, 0.717) is 15.6 Å². The van der Waals surface area contributed by atoms with Crippen molar-refractivity contribution in [2.24, 2.45) is 0 Å². The van der Waals surface area contributed by atoms with Crippen LogP contribution >= 0.6 is 23.2 Å². The normalized spacial score (nSPS) is 16.5. The number of halogens is 2. The third kappa shape index (κ3) is 5.05. The average molecular weight is 398 g/mol. The number of likely N-dealkylation sites (tertiary alicyclic amines) is 1. The number of urea groups is 1. The molecule has 26 heavy (non-hydrogen) atoms. The lowest BCUT2D eigenvalue weighted by molar-refractivity contribution is 0.146. The molecule has 2 amide bonds. The van der Waals surface area contributed by atoms with Gasteiger partial charge in [-0.05, 0) is 51.5 Å². The Morgan fingerprint density at radius 1 is 1.38 bits per heavy atom. The molecule has 1 fully saturated rings. The molecule has 1 heterocycles. The lowest BCUT2D eigenvalue weighted by Crippen LogP contribution is -2.48. The lowest BCUT2D eigenvalue weighted by atomic mass is 10.0. The molecule has 1 atom stereocenters. The van der Waals surface area contributed by atoms with E-state index >= 15 is 0 Å². The molecule has 0 saturated carbocycles. The third-order valence-corrected chi connectivity index (χ3v) is 5.67. The minimum Gasteiger partial charge on any atom is -0.384 e. The summed E-state index contributed by atoms with van der Waals surface area (Å²) in [6, 6.07) is 3.38. The van der Waals surface area contributed by atoms with E-state index in [1.165, 1.54) is 0 Å². The molecule has 1 aliphatic heterocycles. The Kier molecular flexibility index (Phi) is 7.60. The van der Waals surface area contributed by atoms with E-state index in [2.05, 4.69) is 29.1 Å². The molecule has 0 aliphatic carbocycles. The Labute approximate surface area is 165 Å². The van der Waals surface area contributed by atoms with Crippen LogP contribution in [0.4, 0.5) is 4.79 Å². The highest BCUT2D eigenvalue weighted by atomic mass is 35.5. The molecule has 0 radical (unpaired) electrons. The minimum atomic E-state index is -0.291. The highest BCUT2D eigenvalue weighted by molar-refractivity contribution is 6.43. The van der Waals surface area contributed by atoms with Crippen molar-refractivity contribution in [3.05, 3.63) is 33.3 Å². The summed E-state index contributed by atoms with van der Waals surface area (Å²) in [5, 5.41) is 12.5. The largest absolute Gasteiger partial charge is 0.384 e. The van der Waals surface area contributed by atoms with Gasteiger partial charge in [0.25, 0.3) is 0 Å². The molecule has 142 valence electrons. The highest BCUT2D eigenvalue weighted by Crippen LogP contribution is 2.32.